The zero-order valence-electron chi connectivity index (χ0n) is 10.8. The summed E-state index contributed by atoms with van der Waals surface area (Å²) in [6.45, 7) is 5.53. The molecule has 0 bridgehead atoms. The maximum absolute atomic E-state index is 12.4. The molecule has 0 saturated carbocycles. The van der Waals surface area contributed by atoms with Crippen molar-refractivity contribution in [3.05, 3.63) is 0 Å². The van der Waals surface area contributed by atoms with E-state index >= 15 is 0 Å². The Labute approximate surface area is 108 Å². The number of rotatable bonds is 1. The number of likely N-dealkylation sites (tertiary alicyclic amines) is 1. The summed E-state index contributed by atoms with van der Waals surface area (Å²) in [5.41, 5.74) is 0.337. The van der Waals surface area contributed by atoms with Gasteiger partial charge in [-0.25, -0.2) is 0 Å². The van der Waals surface area contributed by atoms with E-state index in [2.05, 4.69) is 5.32 Å². The first-order valence-corrected chi connectivity index (χ1v) is 6.97. The van der Waals surface area contributed by atoms with Crippen molar-refractivity contribution >= 4 is 5.91 Å². The second-order valence-electron chi connectivity index (χ2n) is 5.70. The average molecular weight is 254 g/mol. The normalized spacial score (nSPS) is 31.8. The van der Waals surface area contributed by atoms with Crippen LogP contribution in [0.4, 0.5) is 0 Å². The van der Waals surface area contributed by atoms with Gasteiger partial charge in [0.1, 0.15) is 6.04 Å². The second kappa shape index (κ2) is 5.15. The van der Waals surface area contributed by atoms with Crippen LogP contribution in [0.1, 0.15) is 19.3 Å². The third-order valence-corrected chi connectivity index (χ3v) is 4.52. The number of carbonyl (C=O) groups is 1. The molecule has 0 aromatic rings. The minimum Gasteiger partial charge on any atom is -0.381 e. The molecule has 102 valence electrons. The van der Waals surface area contributed by atoms with Crippen LogP contribution in [0.25, 0.3) is 0 Å². The Kier molecular flexibility index (Phi) is 3.54. The maximum Gasteiger partial charge on any atom is 0.242 e. The number of nitrogens with zero attached hydrogens (tertiary/aromatic N) is 1. The molecule has 1 unspecified atom stereocenters. The van der Waals surface area contributed by atoms with E-state index in [1.165, 1.54) is 0 Å². The SMILES string of the molecule is O=C(C1COCCN1)N1CCC2(CCOCC2)C1. The van der Waals surface area contributed by atoms with E-state index in [1.54, 1.807) is 0 Å². The summed E-state index contributed by atoms with van der Waals surface area (Å²) < 4.78 is 10.8. The van der Waals surface area contributed by atoms with Gasteiger partial charge in [-0.15, -0.1) is 0 Å². The third-order valence-electron chi connectivity index (χ3n) is 4.52. The van der Waals surface area contributed by atoms with Gasteiger partial charge in [-0.05, 0) is 24.7 Å². The van der Waals surface area contributed by atoms with Crippen LogP contribution in [-0.2, 0) is 14.3 Å². The predicted octanol–water partition coefficient (Wildman–Crippen LogP) is 0.00390. The van der Waals surface area contributed by atoms with Crippen molar-refractivity contribution in [1.82, 2.24) is 10.2 Å². The molecule has 1 spiro atoms. The molecule has 3 heterocycles. The Bertz CT molecular complexity index is 309. The Morgan fingerprint density at radius 2 is 2.00 bits per heavy atom. The predicted molar refractivity (Wildman–Crippen MR) is 66.3 cm³/mol. The van der Waals surface area contributed by atoms with Crippen LogP contribution >= 0.6 is 0 Å². The summed E-state index contributed by atoms with van der Waals surface area (Å²) >= 11 is 0. The van der Waals surface area contributed by atoms with Gasteiger partial charge in [-0.3, -0.25) is 4.79 Å². The summed E-state index contributed by atoms with van der Waals surface area (Å²) in [6, 6.07) is -0.131. The zero-order chi connectivity index (χ0) is 12.4. The van der Waals surface area contributed by atoms with E-state index in [-0.39, 0.29) is 11.9 Å². The second-order valence-corrected chi connectivity index (χ2v) is 5.70. The van der Waals surface area contributed by atoms with Crippen LogP contribution in [0.3, 0.4) is 0 Å². The third kappa shape index (κ3) is 2.39. The van der Waals surface area contributed by atoms with Gasteiger partial charge < -0.3 is 19.7 Å². The molecular weight excluding hydrogens is 232 g/mol. The summed E-state index contributed by atoms with van der Waals surface area (Å²) in [6.07, 6.45) is 3.34. The van der Waals surface area contributed by atoms with E-state index < -0.39 is 0 Å². The molecule has 0 aromatic heterocycles. The lowest BCUT2D eigenvalue weighted by molar-refractivity contribution is -0.136. The van der Waals surface area contributed by atoms with Crippen molar-refractivity contribution in [1.29, 1.82) is 0 Å². The van der Waals surface area contributed by atoms with E-state index in [4.69, 9.17) is 9.47 Å². The summed E-state index contributed by atoms with van der Waals surface area (Å²) in [5.74, 6) is 0.220. The van der Waals surface area contributed by atoms with Crippen molar-refractivity contribution in [2.24, 2.45) is 5.41 Å². The molecule has 1 amide bonds. The highest BCUT2D eigenvalue weighted by Gasteiger charge is 2.42. The van der Waals surface area contributed by atoms with Gasteiger partial charge in [0.2, 0.25) is 5.91 Å². The van der Waals surface area contributed by atoms with Crippen LogP contribution < -0.4 is 5.32 Å². The number of nitrogens with one attached hydrogen (secondary N) is 1. The standard InChI is InChI=1S/C13H22N2O3/c16-12(11-9-18-8-4-14-11)15-5-1-13(10-15)2-6-17-7-3-13/h11,14H,1-10H2. The molecule has 18 heavy (non-hydrogen) atoms. The fourth-order valence-electron chi connectivity index (χ4n) is 3.28. The summed E-state index contributed by atoms with van der Waals surface area (Å²) in [5, 5.41) is 3.25. The molecular formula is C13H22N2O3. The fourth-order valence-corrected chi connectivity index (χ4v) is 3.28. The number of hydrogen-bond acceptors (Lipinski definition) is 4. The van der Waals surface area contributed by atoms with E-state index in [0.29, 0.717) is 18.6 Å². The highest BCUT2D eigenvalue weighted by Crippen LogP contribution is 2.39. The number of morpholine rings is 1. The first-order valence-electron chi connectivity index (χ1n) is 6.97. The van der Waals surface area contributed by atoms with Crippen molar-refractivity contribution in [3.8, 4) is 0 Å². The number of carbonyl (C=O) groups excluding carboxylic acids is 1. The molecule has 3 aliphatic heterocycles. The molecule has 1 atom stereocenters. The van der Waals surface area contributed by atoms with E-state index in [9.17, 15) is 4.79 Å². The minimum absolute atomic E-state index is 0.131. The van der Waals surface area contributed by atoms with Crippen LogP contribution in [-0.4, -0.2) is 62.9 Å². The fraction of sp³-hybridized carbons (Fsp3) is 0.923. The Morgan fingerprint density at radius 3 is 2.72 bits per heavy atom. The molecule has 3 fully saturated rings. The quantitative estimate of drug-likeness (QED) is 0.716. The van der Waals surface area contributed by atoms with Crippen LogP contribution in [0, 0.1) is 5.41 Å². The van der Waals surface area contributed by atoms with E-state index in [1.807, 2.05) is 4.90 Å². The van der Waals surface area contributed by atoms with Crippen LogP contribution in [0.5, 0.6) is 0 Å². The number of amides is 1. The largest absolute Gasteiger partial charge is 0.381 e. The summed E-state index contributed by atoms with van der Waals surface area (Å²) in [4.78, 5) is 14.4. The van der Waals surface area contributed by atoms with Crippen molar-refractivity contribution in [2.75, 3.05) is 46.1 Å². The lowest BCUT2D eigenvalue weighted by atomic mass is 9.80. The molecule has 3 rings (SSSR count). The van der Waals surface area contributed by atoms with Gasteiger partial charge in [0.25, 0.3) is 0 Å². The molecule has 5 nitrogen and oxygen atoms in total. The molecule has 0 aromatic carbocycles. The Hall–Kier alpha value is -0.650. The lowest BCUT2D eigenvalue weighted by Gasteiger charge is -2.34. The van der Waals surface area contributed by atoms with Gasteiger partial charge in [-0.1, -0.05) is 0 Å². The molecule has 0 radical (unpaired) electrons. The van der Waals surface area contributed by atoms with Gasteiger partial charge in [0.05, 0.1) is 13.2 Å². The number of ether oxygens (including phenoxy) is 2. The minimum atomic E-state index is -0.131. The lowest BCUT2D eigenvalue weighted by Crippen LogP contribution is -2.52. The zero-order valence-corrected chi connectivity index (χ0v) is 10.8. The summed E-state index contributed by atoms with van der Waals surface area (Å²) in [7, 11) is 0. The first kappa shape index (κ1) is 12.4. The Balaban J connectivity index is 1.59. The van der Waals surface area contributed by atoms with E-state index in [0.717, 1.165) is 52.1 Å². The smallest absolute Gasteiger partial charge is 0.242 e. The highest BCUT2D eigenvalue weighted by atomic mass is 16.5. The molecule has 5 heteroatoms. The van der Waals surface area contributed by atoms with Crippen molar-refractivity contribution in [3.63, 3.8) is 0 Å². The monoisotopic (exact) mass is 254 g/mol. The maximum atomic E-state index is 12.4. The highest BCUT2D eigenvalue weighted by molar-refractivity contribution is 5.82. The Morgan fingerprint density at radius 1 is 1.17 bits per heavy atom. The molecule has 3 aliphatic rings. The number of hydrogen-bond donors (Lipinski definition) is 1. The average Bonchev–Trinajstić information content (AvgIpc) is 2.83. The van der Waals surface area contributed by atoms with Crippen LogP contribution in [0.15, 0.2) is 0 Å². The van der Waals surface area contributed by atoms with Gasteiger partial charge in [-0.2, -0.15) is 0 Å². The molecule has 1 N–H and O–H groups in total. The van der Waals surface area contributed by atoms with Crippen molar-refractivity contribution < 1.29 is 14.3 Å². The van der Waals surface area contributed by atoms with Crippen LogP contribution in [0.2, 0.25) is 0 Å². The van der Waals surface area contributed by atoms with Gasteiger partial charge >= 0.3 is 0 Å². The van der Waals surface area contributed by atoms with Crippen molar-refractivity contribution in [2.45, 2.75) is 25.3 Å². The van der Waals surface area contributed by atoms with Gasteiger partial charge in [0, 0.05) is 32.8 Å². The molecule has 3 saturated heterocycles. The molecule has 0 aliphatic carbocycles. The van der Waals surface area contributed by atoms with Gasteiger partial charge in [0.15, 0.2) is 0 Å². The first-order chi connectivity index (χ1) is 8.79. The topological polar surface area (TPSA) is 50.8 Å².